The number of nitro groups is 1. The molecule has 1 heterocycles. The van der Waals surface area contributed by atoms with Gasteiger partial charge in [0.15, 0.2) is 5.75 Å². The average molecular weight is 347 g/mol. The van der Waals surface area contributed by atoms with Crippen LogP contribution >= 0.6 is 11.6 Å². The number of aromatic hydroxyl groups is 1. The van der Waals surface area contributed by atoms with Crippen LogP contribution in [0.5, 0.6) is 11.5 Å². The van der Waals surface area contributed by atoms with Crippen LogP contribution in [0.1, 0.15) is 11.1 Å². The first-order valence-corrected chi connectivity index (χ1v) is 7.17. The van der Waals surface area contributed by atoms with E-state index in [-0.39, 0.29) is 11.7 Å². The Morgan fingerprint density at radius 2 is 2.08 bits per heavy atom. The first kappa shape index (κ1) is 15.8. The van der Waals surface area contributed by atoms with E-state index in [1.54, 1.807) is 18.2 Å². The predicted molar refractivity (Wildman–Crippen MR) is 89.3 cm³/mol. The Morgan fingerprint density at radius 3 is 2.75 bits per heavy atom. The zero-order chi connectivity index (χ0) is 17.4. The van der Waals surface area contributed by atoms with E-state index >= 15 is 0 Å². The van der Waals surface area contributed by atoms with E-state index in [0.29, 0.717) is 27.4 Å². The molecule has 2 aromatic carbocycles. The number of phenolic OH excluding ortho intramolecular Hbond substituents is 1. The van der Waals surface area contributed by atoms with Gasteiger partial charge in [0.25, 0.3) is 5.91 Å². The molecule has 3 rings (SSSR count). The summed E-state index contributed by atoms with van der Waals surface area (Å²) in [7, 11) is 1.28. The van der Waals surface area contributed by atoms with Crippen LogP contribution in [-0.2, 0) is 4.79 Å². The smallest absolute Gasteiger partial charge is 0.315 e. The SMILES string of the molecule is COc1cc(/C=C2\C(=O)Nc3ccc(Cl)cc32)cc([N+](=O)[O-])c1O. The molecule has 0 unspecified atom stereocenters. The second kappa shape index (κ2) is 5.86. The molecule has 0 saturated carbocycles. The Kier molecular flexibility index (Phi) is 3.86. The summed E-state index contributed by atoms with van der Waals surface area (Å²) in [5, 5.41) is 24.0. The Balaban J connectivity index is 2.16. The van der Waals surface area contributed by atoms with E-state index in [9.17, 15) is 20.0 Å². The van der Waals surface area contributed by atoms with Gasteiger partial charge in [-0.3, -0.25) is 14.9 Å². The van der Waals surface area contributed by atoms with Gasteiger partial charge in [-0.05, 0) is 35.9 Å². The number of halogens is 1. The molecule has 7 nitrogen and oxygen atoms in total. The summed E-state index contributed by atoms with van der Waals surface area (Å²) in [5.74, 6) is -0.966. The van der Waals surface area contributed by atoms with Crippen molar-refractivity contribution in [3.63, 3.8) is 0 Å². The highest BCUT2D eigenvalue weighted by Crippen LogP contribution is 2.39. The molecule has 122 valence electrons. The molecule has 0 radical (unpaired) electrons. The number of carbonyl (C=O) groups is 1. The van der Waals surface area contributed by atoms with Gasteiger partial charge in [-0.15, -0.1) is 0 Å². The van der Waals surface area contributed by atoms with Crippen LogP contribution in [0.15, 0.2) is 30.3 Å². The average Bonchev–Trinajstić information content (AvgIpc) is 2.84. The second-order valence-corrected chi connectivity index (χ2v) is 5.49. The first-order chi connectivity index (χ1) is 11.4. The third-order valence-electron chi connectivity index (χ3n) is 3.57. The van der Waals surface area contributed by atoms with Gasteiger partial charge in [-0.2, -0.15) is 0 Å². The maximum absolute atomic E-state index is 12.2. The maximum atomic E-state index is 12.2. The van der Waals surface area contributed by atoms with Gasteiger partial charge in [-0.1, -0.05) is 11.6 Å². The largest absolute Gasteiger partial charge is 0.500 e. The number of anilines is 1. The number of benzene rings is 2. The number of rotatable bonds is 3. The lowest BCUT2D eigenvalue weighted by Crippen LogP contribution is -2.03. The van der Waals surface area contributed by atoms with Crippen LogP contribution in [0.2, 0.25) is 5.02 Å². The Hall–Kier alpha value is -3.06. The minimum Gasteiger partial charge on any atom is -0.500 e. The minimum atomic E-state index is -0.723. The Morgan fingerprint density at radius 1 is 1.33 bits per heavy atom. The highest BCUT2D eigenvalue weighted by Gasteiger charge is 2.25. The van der Waals surface area contributed by atoms with Gasteiger partial charge in [0, 0.05) is 27.9 Å². The summed E-state index contributed by atoms with van der Waals surface area (Å²) in [4.78, 5) is 22.5. The number of fused-ring (bicyclic) bond motifs is 1. The van der Waals surface area contributed by atoms with Crippen LogP contribution in [0.3, 0.4) is 0 Å². The van der Waals surface area contributed by atoms with Crippen LogP contribution in [0.4, 0.5) is 11.4 Å². The number of hydrogen-bond acceptors (Lipinski definition) is 5. The fourth-order valence-corrected chi connectivity index (χ4v) is 2.63. The van der Waals surface area contributed by atoms with Gasteiger partial charge in [0.05, 0.1) is 12.0 Å². The zero-order valence-electron chi connectivity index (χ0n) is 12.4. The topological polar surface area (TPSA) is 102 Å². The van der Waals surface area contributed by atoms with Gasteiger partial charge < -0.3 is 15.2 Å². The number of phenols is 1. The molecule has 0 spiro atoms. The summed E-state index contributed by atoms with van der Waals surface area (Å²) in [6, 6.07) is 7.53. The molecule has 1 amide bonds. The molecule has 0 atom stereocenters. The number of hydrogen-bond donors (Lipinski definition) is 2. The highest BCUT2D eigenvalue weighted by atomic mass is 35.5. The Labute approximate surface area is 141 Å². The molecule has 0 fully saturated rings. The third-order valence-corrected chi connectivity index (χ3v) is 3.80. The lowest BCUT2D eigenvalue weighted by molar-refractivity contribution is -0.386. The zero-order valence-corrected chi connectivity index (χ0v) is 13.1. The molecule has 1 aliphatic heterocycles. The van der Waals surface area contributed by atoms with Crippen LogP contribution in [0, 0.1) is 10.1 Å². The van der Waals surface area contributed by atoms with Crippen molar-refractivity contribution in [2.75, 3.05) is 12.4 Å². The highest BCUT2D eigenvalue weighted by molar-refractivity contribution is 6.36. The molecule has 0 aromatic heterocycles. The molecule has 0 saturated heterocycles. The molecular weight excluding hydrogens is 336 g/mol. The monoisotopic (exact) mass is 346 g/mol. The number of ether oxygens (including phenoxy) is 1. The summed E-state index contributed by atoms with van der Waals surface area (Å²) in [6.07, 6.45) is 1.48. The van der Waals surface area contributed by atoms with Gasteiger partial charge in [-0.25, -0.2) is 0 Å². The molecular formula is C16H11ClN2O5. The van der Waals surface area contributed by atoms with Crippen molar-refractivity contribution >= 4 is 40.5 Å². The summed E-state index contributed by atoms with van der Waals surface area (Å²) in [6.45, 7) is 0. The molecule has 8 heteroatoms. The standard InChI is InChI=1S/C16H11ClN2O5/c1-24-14-6-8(5-13(15(14)20)19(22)23)4-11-10-7-9(17)2-3-12(10)18-16(11)21/h2-7,20H,1H3,(H,18,21)/b11-4-. The summed E-state index contributed by atoms with van der Waals surface area (Å²) in [5.41, 5.74) is 1.35. The lowest BCUT2D eigenvalue weighted by atomic mass is 10.0. The number of nitrogens with one attached hydrogen (secondary N) is 1. The van der Waals surface area contributed by atoms with Crippen molar-refractivity contribution in [1.29, 1.82) is 0 Å². The lowest BCUT2D eigenvalue weighted by Gasteiger charge is -2.06. The number of carbonyl (C=O) groups excluding carboxylic acids is 1. The number of nitrogens with zero attached hydrogens (tertiary/aromatic N) is 1. The van der Waals surface area contributed by atoms with Gasteiger partial charge >= 0.3 is 5.69 Å². The van der Waals surface area contributed by atoms with Gasteiger partial charge in [0.2, 0.25) is 5.75 Å². The minimum absolute atomic E-state index is 0.0548. The normalized spacial score (nSPS) is 14.4. The number of methoxy groups -OCH3 is 1. The molecule has 2 N–H and O–H groups in total. The van der Waals surface area contributed by atoms with E-state index in [2.05, 4.69) is 5.32 Å². The molecule has 0 bridgehead atoms. The van der Waals surface area contributed by atoms with Crippen molar-refractivity contribution in [2.45, 2.75) is 0 Å². The van der Waals surface area contributed by atoms with E-state index < -0.39 is 16.4 Å². The Bertz CT molecular complexity index is 908. The second-order valence-electron chi connectivity index (χ2n) is 5.05. The van der Waals surface area contributed by atoms with E-state index in [0.717, 1.165) is 0 Å². The number of nitro benzene ring substituents is 1. The van der Waals surface area contributed by atoms with Crippen LogP contribution in [0.25, 0.3) is 11.6 Å². The third kappa shape index (κ3) is 2.65. The van der Waals surface area contributed by atoms with E-state index in [1.807, 2.05) is 0 Å². The molecule has 1 aliphatic rings. The molecule has 0 aliphatic carbocycles. The van der Waals surface area contributed by atoms with Crippen molar-refractivity contribution < 1.29 is 19.6 Å². The predicted octanol–water partition coefficient (Wildman–Crippen LogP) is 3.46. The van der Waals surface area contributed by atoms with E-state index in [4.69, 9.17) is 16.3 Å². The summed E-state index contributed by atoms with van der Waals surface area (Å²) < 4.78 is 4.95. The maximum Gasteiger partial charge on any atom is 0.315 e. The molecule has 24 heavy (non-hydrogen) atoms. The van der Waals surface area contributed by atoms with Crippen LogP contribution < -0.4 is 10.1 Å². The van der Waals surface area contributed by atoms with Crippen molar-refractivity contribution in [3.05, 3.63) is 56.6 Å². The van der Waals surface area contributed by atoms with Crippen molar-refractivity contribution in [2.24, 2.45) is 0 Å². The summed E-state index contributed by atoms with van der Waals surface area (Å²) >= 11 is 5.97. The number of amides is 1. The fraction of sp³-hybridized carbons (Fsp3) is 0.0625. The quantitative estimate of drug-likeness (QED) is 0.503. The molecule has 2 aromatic rings. The fourth-order valence-electron chi connectivity index (χ4n) is 2.46. The van der Waals surface area contributed by atoms with Gasteiger partial charge in [0.1, 0.15) is 0 Å². The van der Waals surface area contributed by atoms with Crippen LogP contribution in [-0.4, -0.2) is 23.0 Å². The first-order valence-electron chi connectivity index (χ1n) is 6.79. The van der Waals surface area contributed by atoms with Crippen molar-refractivity contribution in [3.8, 4) is 11.5 Å². The van der Waals surface area contributed by atoms with E-state index in [1.165, 1.54) is 25.3 Å². The van der Waals surface area contributed by atoms with Crippen molar-refractivity contribution in [1.82, 2.24) is 0 Å².